The number of nitrogens with one attached hydrogen (secondary N) is 1. The van der Waals surface area contributed by atoms with E-state index in [2.05, 4.69) is 25.9 Å². The summed E-state index contributed by atoms with van der Waals surface area (Å²) in [5, 5.41) is 30.0. The van der Waals surface area contributed by atoms with Crippen LogP contribution in [0.4, 0.5) is 5.69 Å². The second-order valence-electron chi connectivity index (χ2n) is 9.57. The third-order valence-electron chi connectivity index (χ3n) is 6.77. The van der Waals surface area contributed by atoms with Gasteiger partial charge in [0.2, 0.25) is 5.88 Å². The van der Waals surface area contributed by atoms with Gasteiger partial charge < -0.3 is 4.74 Å². The molecule has 212 valence electrons. The molecule has 0 bridgehead atoms. The highest BCUT2D eigenvalue weighted by Crippen LogP contribution is 2.31. The standard InChI is InChI=1S/C31H24N8O4/c1-20-28(19-32-34-30(40)29-21(2)37(36-33-29)25-13-15-26(16-14-25)39(41)42)31(38(35-20)24-10-4-3-5-11-24)43-27-17-12-22-8-6-7-9-23(22)18-27/h3-19H,1-2H3,(H,34,40)/b32-19+. The van der Waals surface area contributed by atoms with Crippen molar-refractivity contribution in [2.24, 2.45) is 5.10 Å². The van der Waals surface area contributed by atoms with Crippen LogP contribution in [-0.4, -0.2) is 41.8 Å². The van der Waals surface area contributed by atoms with Crippen molar-refractivity contribution in [2.45, 2.75) is 13.8 Å². The van der Waals surface area contributed by atoms with Crippen molar-refractivity contribution in [2.75, 3.05) is 0 Å². The SMILES string of the molecule is Cc1nn(-c2ccccc2)c(Oc2ccc3ccccc3c2)c1/C=N/NC(=O)c1nnn(-c2ccc([N+](=O)[O-])cc2)c1C. The summed E-state index contributed by atoms with van der Waals surface area (Å²) in [4.78, 5) is 23.4. The van der Waals surface area contributed by atoms with Crippen LogP contribution in [0.15, 0.2) is 102 Å². The van der Waals surface area contributed by atoms with E-state index < -0.39 is 10.8 Å². The second kappa shape index (κ2) is 11.4. The highest BCUT2D eigenvalue weighted by molar-refractivity contribution is 5.94. The second-order valence-corrected chi connectivity index (χ2v) is 9.57. The fourth-order valence-electron chi connectivity index (χ4n) is 4.56. The third kappa shape index (κ3) is 5.44. The van der Waals surface area contributed by atoms with Crippen LogP contribution in [0.25, 0.3) is 22.1 Å². The lowest BCUT2D eigenvalue weighted by molar-refractivity contribution is -0.384. The summed E-state index contributed by atoms with van der Waals surface area (Å²) in [6.07, 6.45) is 1.48. The Balaban J connectivity index is 1.27. The van der Waals surface area contributed by atoms with Crippen LogP contribution in [0.3, 0.4) is 0 Å². The molecule has 1 amide bonds. The smallest absolute Gasteiger partial charge is 0.293 e. The van der Waals surface area contributed by atoms with E-state index in [1.807, 2.05) is 79.7 Å². The van der Waals surface area contributed by atoms with Gasteiger partial charge in [0, 0.05) is 12.1 Å². The Morgan fingerprint density at radius 3 is 2.35 bits per heavy atom. The lowest BCUT2D eigenvalue weighted by Crippen LogP contribution is -2.19. The number of non-ortho nitro benzene ring substituents is 1. The van der Waals surface area contributed by atoms with Crippen molar-refractivity contribution < 1.29 is 14.5 Å². The molecule has 12 nitrogen and oxygen atoms in total. The molecule has 0 spiro atoms. The molecule has 0 aliphatic rings. The van der Waals surface area contributed by atoms with Gasteiger partial charge in [0.1, 0.15) is 5.75 Å². The van der Waals surface area contributed by atoms with Gasteiger partial charge in [0.05, 0.1) is 39.5 Å². The summed E-state index contributed by atoms with van der Waals surface area (Å²) < 4.78 is 9.50. The number of hydrazone groups is 1. The number of nitrogens with zero attached hydrogens (tertiary/aromatic N) is 7. The normalized spacial score (nSPS) is 11.2. The first-order valence-corrected chi connectivity index (χ1v) is 13.2. The molecular weight excluding hydrogens is 548 g/mol. The molecule has 12 heteroatoms. The molecular formula is C31H24N8O4. The van der Waals surface area contributed by atoms with E-state index in [4.69, 9.17) is 4.74 Å². The highest BCUT2D eigenvalue weighted by Gasteiger charge is 2.20. The van der Waals surface area contributed by atoms with Crippen molar-refractivity contribution in [3.8, 4) is 23.0 Å². The number of aromatic nitrogens is 5. The fraction of sp³-hybridized carbons (Fsp3) is 0.0645. The molecule has 1 N–H and O–H groups in total. The minimum absolute atomic E-state index is 0.0522. The molecule has 0 atom stereocenters. The van der Waals surface area contributed by atoms with E-state index >= 15 is 0 Å². The summed E-state index contributed by atoms with van der Waals surface area (Å²) in [5.41, 5.74) is 5.47. The number of benzene rings is 4. The van der Waals surface area contributed by atoms with Crippen LogP contribution >= 0.6 is 0 Å². The first kappa shape index (κ1) is 27.0. The van der Waals surface area contributed by atoms with Gasteiger partial charge in [-0.3, -0.25) is 14.9 Å². The molecule has 0 aliphatic heterocycles. The van der Waals surface area contributed by atoms with E-state index in [-0.39, 0.29) is 11.4 Å². The lowest BCUT2D eigenvalue weighted by Gasteiger charge is -2.11. The Morgan fingerprint density at radius 1 is 0.907 bits per heavy atom. The maximum absolute atomic E-state index is 13.0. The molecule has 0 fully saturated rings. The maximum atomic E-state index is 13.0. The monoisotopic (exact) mass is 572 g/mol. The van der Waals surface area contributed by atoms with Gasteiger partial charge in [-0.2, -0.15) is 14.9 Å². The van der Waals surface area contributed by atoms with E-state index in [0.717, 1.165) is 16.5 Å². The molecule has 6 aromatic rings. The molecule has 0 saturated carbocycles. The highest BCUT2D eigenvalue weighted by atomic mass is 16.6. The molecule has 0 aliphatic carbocycles. The molecule has 43 heavy (non-hydrogen) atoms. The topological polar surface area (TPSA) is 142 Å². The number of carbonyl (C=O) groups is 1. The number of ether oxygens (including phenoxy) is 1. The van der Waals surface area contributed by atoms with Crippen molar-refractivity contribution >= 4 is 28.6 Å². The van der Waals surface area contributed by atoms with Crippen LogP contribution in [0, 0.1) is 24.0 Å². The van der Waals surface area contributed by atoms with E-state index in [1.165, 1.54) is 35.2 Å². The van der Waals surface area contributed by atoms with Crippen LogP contribution in [0.5, 0.6) is 11.6 Å². The Labute approximate surface area is 245 Å². The number of nitro groups is 1. The Morgan fingerprint density at radius 2 is 1.60 bits per heavy atom. The summed E-state index contributed by atoms with van der Waals surface area (Å²) in [7, 11) is 0. The van der Waals surface area contributed by atoms with E-state index in [1.54, 1.807) is 11.6 Å². The number of nitro benzene ring substituents is 1. The van der Waals surface area contributed by atoms with Crippen LogP contribution in [0.2, 0.25) is 0 Å². The van der Waals surface area contributed by atoms with Gasteiger partial charge in [-0.25, -0.2) is 10.1 Å². The summed E-state index contributed by atoms with van der Waals surface area (Å²) in [6.45, 7) is 3.50. The van der Waals surface area contributed by atoms with Crippen molar-refractivity contribution in [3.63, 3.8) is 0 Å². The number of hydrogen-bond donors (Lipinski definition) is 1. The minimum atomic E-state index is -0.577. The average Bonchev–Trinajstić information content (AvgIpc) is 3.56. The number of fused-ring (bicyclic) bond motifs is 1. The predicted molar refractivity (Wildman–Crippen MR) is 160 cm³/mol. The molecule has 4 aromatic carbocycles. The Kier molecular flexibility index (Phi) is 7.15. The number of amides is 1. The number of aryl methyl sites for hydroxylation is 1. The first-order valence-electron chi connectivity index (χ1n) is 13.2. The summed E-state index contributed by atoms with van der Waals surface area (Å²) >= 11 is 0. The number of para-hydroxylation sites is 1. The zero-order chi connectivity index (χ0) is 29.9. The molecule has 2 heterocycles. The zero-order valence-electron chi connectivity index (χ0n) is 23.1. The maximum Gasteiger partial charge on any atom is 0.293 e. The van der Waals surface area contributed by atoms with E-state index in [9.17, 15) is 14.9 Å². The Bertz CT molecular complexity index is 2000. The van der Waals surface area contributed by atoms with Gasteiger partial charge >= 0.3 is 0 Å². The number of hydrogen-bond acceptors (Lipinski definition) is 8. The van der Waals surface area contributed by atoms with Gasteiger partial charge in [-0.05, 0) is 61.0 Å². The summed E-state index contributed by atoms with van der Waals surface area (Å²) in [5.74, 6) is 0.470. The molecule has 0 unspecified atom stereocenters. The molecule has 0 saturated heterocycles. The van der Waals surface area contributed by atoms with Gasteiger partial charge in [-0.15, -0.1) is 5.10 Å². The van der Waals surface area contributed by atoms with Gasteiger partial charge in [0.25, 0.3) is 11.6 Å². The fourth-order valence-corrected chi connectivity index (χ4v) is 4.56. The predicted octanol–water partition coefficient (Wildman–Crippen LogP) is 5.69. The Hall–Kier alpha value is -6.17. The van der Waals surface area contributed by atoms with Gasteiger partial charge in [-0.1, -0.05) is 53.7 Å². The van der Waals surface area contributed by atoms with Crippen molar-refractivity contribution in [3.05, 3.63) is 130 Å². The van der Waals surface area contributed by atoms with E-state index in [0.29, 0.717) is 34.3 Å². The number of rotatable bonds is 8. The number of carbonyl (C=O) groups excluding carboxylic acids is 1. The van der Waals surface area contributed by atoms with Gasteiger partial charge in [0.15, 0.2) is 5.69 Å². The largest absolute Gasteiger partial charge is 0.438 e. The zero-order valence-corrected chi connectivity index (χ0v) is 23.1. The van der Waals surface area contributed by atoms with Crippen molar-refractivity contribution in [1.82, 2.24) is 30.2 Å². The summed E-state index contributed by atoms with van der Waals surface area (Å²) in [6, 6.07) is 29.2. The van der Waals surface area contributed by atoms with Crippen molar-refractivity contribution in [1.29, 1.82) is 0 Å². The van der Waals surface area contributed by atoms with Crippen LogP contribution < -0.4 is 10.2 Å². The minimum Gasteiger partial charge on any atom is -0.438 e. The average molecular weight is 573 g/mol. The molecule has 2 aromatic heterocycles. The third-order valence-corrected chi connectivity index (χ3v) is 6.77. The quantitative estimate of drug-likeness (QED) is 0.140. The van der Waals surface area contributed by atoms with Crippen LogP contribution in [0.1, 0.15) is 27.4 Å². The first-order chi connectivity index (χ1) is 20.9. The lowest BCUT2D eigenvalue weighted by atomic mass is 10.1. The molecule has 6 rings (SSSR count). The van der Waals surface area contributed by atoms with Crippen LogP contribution in [-0.2, 0) is 0 Å². The molecule has 0 radical (unpaired) electrons.